The molecule has 10 atom stereocenters. The Morgan fingerprint density at radius 2 is 1.55 bits per heavy atom. The molecule has 0 amide bonds. The Hall–Kier alpha value is -4.12. The van der Waals surface area contributed by atoms with Gasteiger partial charge >= 0.3 is 5.97 Å². The van der Waals surface area contributed by atoms with Gasteiger partial charge in [0.05, 0.1) is 39.5 Å². The molecule has 5 aliphatic rings. The number of hydrogen-bond acceptors (Lipinski definition) is 14. The molecule has 3 N–H and O–H groups in total. The predicted molar refractivity (Wildman–Crippen MR) is 233 cm³/mol. The smallest absolute Gasteiger partial charge is 0.310 e. The molecule has 14 nitrogen and oxygen atoms in total. The second kappa shape index (κ2) is 22.0. The third-order valence-electron chi connectivity index (χ3n) is 12.4. The van der Waals surface area contributed by atoms with Gasteiger partial charge in [0.2, 0.25) is 12.5 Å². The number of carbonyl (C=O) groups excluding carboxylic acids is 1. The third kappa shape index (κ3) is 10.6. The summed E-state index contributed by atoms with van der Waals surface area (Å²) in [5.74, 6) is -1.01. The number of unbranched alkanes of at least 4 members (excludes halogenated alkanes) is 8. The fourth-order valence-electron chi connectivity index (χ4n) is 9.13. The summed E-state index contributed by atoms with van der Waals surface area (Å²) in [5.41, 5.74) is 2.08. The van der Waals surface area contributed by atoms with Gasteiger partial charge in [-0.3, -0.25) is 4.79 Å². The molecule has 0 aromatic heterocycles. The van der Waals surface area contributed by atoms with Crippen molar-refractivity contribution in [2.75, 3.05) is 40.8 Å². The van der Waals surface area contributed by atoms with E-state index in [-0.39, 0.29) is 42.4 Å². The highest BCUT2D eigenvalue weighted by Crippen LogP contribution is 2.57. The van der Waals surface area contributed by atoms with Gasteiger partial charge in [0.1, 0.15) is 18.3 Å². The molecule has 1 aliphatic carbocycles. The Bertz CT molecular complexity index is 1860. The van der Waals surface area contributed by atoms with Gasteiger partial charge in [-0.1, -0.05) is 69.8 Å². The van der Waals surface area contributed by atoms with Crippen molar-refractivity contribution in [1.82, 2.24) is 5.32 Å². The van der Waals surface area contributed by atoms with E-state index in [1.807, 2.05) is 12.1 Å². The van der Waals surface area contributed by atoms with Crippen molar-refractivity contribution >= 4 is 23.4 Å². The number of ether oxygens (including phenoxy) is 10. The topological polar surface area (TPSA) is 162 Å². The normalized spacial score (nSPS) is 28.6. The number of allylic oxidation sites excluding steroid dienone is 4. The summed E-state index contributed by atoms with van der Waals surface area (Å²) in [6.07, 6.45) is 15.3. The first-order valence-electron chi connectivity index (χ1n) is 22.3. The Morgan fingerprint density at radius 1 is 0.871 bits per heavy atom. The number of benzene rings is 2. The van der Waals surface area contributed by atoms with Crippen LogP contribution in [0.15, 0.2) is 48.6 Å². The average molecular weight is 882 g/mol. The number of phenolic OH excluding ortho intramolecular Hbond substituents is 1. The number of esters is 1. The fraction of sp³-hybridized carbons (Fsp3) is 0.617. The van der Waals surface area contributed by atoms with Crippen LogP contribution < -0.4 is 24.3 Å². The number of rotatable bonds is 20. The standard InChI is InChI=1S/C47H63NO13S/c1-5-6-7-8-9-10-11-12-13-14-15-16-17-18-19-20-48-47(62)61-44-41(50)43-37(26-54-28(2)58-43)59-46(44)60-42-31-24-34-33(56-27-57-34)23-30(31)38(39-32(42)25-55-45(39)51)29-21-35(52-3)40(49)36(22-29)53-4/h8-9,11-12,21-24,28,32,37-39,41-44,46,49-50H,5-7,10,13-20,25-27H2,1-4H3,(H,48,62)/b9-8-,12-11-/t28-,32+,37-,38-,39+,41+,42-,43?,44-,46+/m1/s1. The van der Waals surface area contributed by atoms with Crippen LogP contribution >= 0.6 is 12.2 Å². The van der Waals surface area contributed by atoms with Gasteiger partial charge in [0.15, 0.2) is 41.7 Å². The molecule has 3 fully saturated rings. The summed E-state index contributed by atoms with van der Waals surface area (Å²) < 4.78 is 60.0. The first-order chi connectivity index (χ1) is 30.2. The number of aliphatic hydroxyl groups excluding tert-OH is 1. The van der Waals surface area contributed by atoms with Crippen molar-refractivity contribution in [3.8, 4) is 28.7 Å². The highest BCUT2D eigenvalue weighted by atomic mass is 32.1. The quantitative estimate of drug-likeness (QED) is 0.0514. The van der Waals surface area contributed by atoms with E-state index in [0.717, 1.165) is 32.1 Å². The summed E-state index contributed by atoms with van der Waals surface area (Å²) in [6, 6.07) is 7.09. The largest absolute Gasteiger partial charge is 0.502 e. The highest BCUT2D eigenvalue weighted by Gasteiger charge is 2.57. The number of cyclic esters (lactones) is 1. The lowest BCUT2D eigenvalue weighted by atomic mass is 9.66. The lowest BCUT2D eigenvalue weighted by molar-refractivity contribution is -0.362. The Balaban J connectivity index is 1.03. The Labute approximate surface area is 370 Å². The van der Waals surface area contributed by atoms with E-state index in [2.05, 4.69) is 36.5 Å². The number of methoxy groups -OCH3 is 2. The number of phenols is 1. The van der Waals surface area contributed by atoms with Gasteiger partial charge in [-0.25, -0.2) is 0 Å². The summed E-state index contributed by atoms with van der Waals surface area (Å²) in [6.45, 7) is 4.82. The van der Waals surface area contributed by atoms with Crippen molar-refractivity contribution < 1.29 is 62.4 Å². The minimum Gasteiger partial charge on any atom is -0.502 e. The maximum absolute atomic E-state index is 13.8. The number of thiocarbonyl (C=S) groups is 1. The number of fused-ring (bicyclic) bond motifs is 4. The predicted octanol–water partition coefficient (Wildman–Crippen LogP) is 7.66. The molecule has 2 aromatic carbocycles. The summed E-state index contributed by atoms with van der Waals surface area (Å²) in [4.78, 5) is 13.8. The molecule has 62 heavy (non-hydrogen) atoms. The molecular formula is C47H63NO13S. The zero-order chi connectivity index (χ0) is 43.6. The second-order valence-corrected chi connectivity index (χ2v) is 16.9. The number of aliphatic hydroxyl groups is 1. The van der Waals surface area contributed by atoms with Crippen LogP contribution in [0.2, 0.25) is 0 Å². The van der Waals surface area contributed by atoms with Gasteiger partial charge in [-0.05, 0) is 92.2 Å². The van der Waals surface area contributed by atoms with Crippen LogP contribution in [0.4, 0.5) is 0 Å². The first kappa shape index (κ1) is 45.9. The van der Waals surface area contributed by atoms with Crippen molar-refractivity contribution in [3.05, 3.63) is 65.3 Å². The van der Waals surface area contributed by atoms with Gasteiger partial charge in [-0.15, -0.1) is 0 Å². The van der Waals surface area contributed by atoms with Gasteiger partial charge in [-0.2, -0.15) is 0 Å². The van der Waals surface area contributed by atoms with E-state index in [1.165, 1.54) is 52.7 Å². The third-order valence-corrected chi connectivity index (χ3v) is 12.6. The molecule has 4 heterocycles. The van der Waals surface area contributed by atoms with E-state index in [0.29, 0.717) is 34.7 Å². The van der Waals surface area contributed by atoms with E-state index < -0.39 is 66.8 Å². The zero-order valence-electron chi connectivity index (χ0n) is 36.3. The Kier molecular flexibility index (Phi) is 16.3. The van der Waals surface area contributed by atoms with Crippen molar-refractivity contribution in [2.45, 2.75) is 133 Å². The van der Waals surface area contributed by atoms with Crippen LogP contribution in [-0.4, -0.2) is 99.1 Å². The molecule has 0 spiro atoms. The van der Waals surface area contributed by atoms with E-state index in [1.54, 1.807) is 19.1 Å². The Morgan fingerprint density at radius 3 is 2.26 bits per heavy atom. The van der Waals surface area contributed by atoms with Gasteiger partial charge < -0.3 is 62.9 Å². The number of aromatic hydroxyl groups is 1. The average Bonchev–Trinajstić information content (AvgIpc) is 3.90. The van der Waals surface area contributed by atoms with Crippen molar-refractivity contribution in [3.63, 3.8) is 0 Å². The van der Waals surface area contributed by atoms with Crippen molar-refractivity contribution in [1.29, 1.82) is 0 Å². The maximum Gasteiger partial charge on any atom is 0.310 e. The highest BCUT2D eigenvalue weighted by molar-refractivity contribution is 7.80. The lowest BCUT2D eigenvalue weighted by Crippen LogP contribution is -2.64. The lowest BCUT2D eigenvalue weighted by Gasteiger charge is -2.48. The molecule has 15 heteroatoms. The SMILES string of the molecule is CCCC/C=C\C/C=C\CCCCCCCCNC(=S)O[C@H]1[C@H](O[C@@H]2c3cc4c(cc3[C@@H](c3cc(OC)c(O)c(OC)c3)[C@H]3C(=O)OC[C@@H]32)OCO4)O[C@@H]2CO[C@@H](C)OC2[C@@H]1O. The monoisotopic (exact) mass is 881 g/mol. The van der Waals surface area contributed by atoms with Crippen LogP contribution in [0.3, 0.4) is 0 Å². The van der Waals surface area contributed by atoms with Crippen LogP contribution in [0.5, 0.6) is 28.7 Å². The summed E-state index contributed by atoms with van der Waals surface area (Å²) in [7, 11) is 2.90. The van der Waals surface area contributed by atoms with E-state index in [4.69, 9.17) is 59.6 Å². The van der Waals surface area contributed by atoms with Gasteiger partial charge in [0, 0.05) is 18.4 Å². The molecular weight excluding hydrogens is 819 g/mol. The minimum atomic E-state index is -1.20. The maximum atomic E-state index is 13.8. The fourth-order valence-corrected chi connectivity index (χ4v) is 9.34. The number of hydrogen-bond donors (Lipinski definition) is 3. The van der Waals surface area contributed by atoms with Crippen LogP contribution in [0.1, 0.15) is 113 Å². The molecule has 2 aromatic rings. The summed E-state index contributed by atoms with van der Waals surface area (Å²) >= 11 is 5.68. The summed E-state index contributed by atoms with van der Waals surface area (Å²) in [5, 5.41) is 26.0. The molecule has 0 radical (unpaired) electrons. The van der Waals surface area contributed by atoms with Crippen molar-refractivity contribution in [2.24, 2.45) is 11.8 Å². The van der Waals surface area contributed by atoms with Crippen LogP contribution in [0, 0.1) is 11.8 Å². The molecule has 7 rings (SSSR count). The van der Waals surface area contributed by atoms with E-state index in [9.17, 15) is 15.0 Å². The molecule has 0 saturated carbocycles. The zero-order valence-corrected chi connectivity index (χ0v) is 37.1. The van der Waals surface area contributed by atoms with Crippen LogP contribution in [0.25, 0.3) is 0 Å². The first-order valence-corrected chi connectivity index (χ1v) is 22.7. The molecule has 3 saturated heterocycles. The molecule has 0 bridgehead atoms. The van der Waals surface area contributed by atoms with Gasteiger partial charge in [0.25, 0.3) is 5.17 Å². The molecule has 340 valence electrons. The number of carbonyl (C=O) groups is 1. The molecule has 4 aliphatic heterocycles. The number of nitrogens with one attached hydrogen (secondary N) is 1. The molecule has 1 unspecified atom stereocenters. The minimum absolute atomic E-state index is 0.0273. The second-order valence-electron chi connectivity index (χ2n) is 16.5. The van der Waals surface area contributed by atoms with E-state index >= 15 is 0 Å². The van der Waals surface area contributed by atoms with Crippen LogP contribution in [-0.2, 0) is 33.2 Å².